The quantitative estimate of drug-likeness (QED) is 0.465. The van der Waals surface area contributed by atoms with E-state index in [1.165, 1.54) is 23.8 Å². The molecular formula is C19H21ClN4O3. The highest BCUT2D eigenvalue weighted by atomic mass is 35.5. The molecule has 0 radical (unpaired) electrons. The van der Waals surface area contributed by atoms with Crippen LogP contribution in [-0.2, 0) is 6.54 Å². The van der Waals surface area contributed by atoms with Gasteiger partial charge >= 0.3 is 0 Å². The Bertz CT molecular complexity index is 833. The van der Waals surface area contributed by atoms with Crippen LogP contribution in [0, 0.1) is 10.1 Å². The maximum absolute atomic E-state index is 12.4. The van der Waals surface area contributed by atoms with Crippen LogP contribution in [0.1, 0.15) is 28.8 Å². The predicted molar refractivity (Wildman–Crippen MR) is 105 cm³/mol. The summed E-state index contributed by atoms with van der Waals surface area (Å²) in [5.41, 5.74) is 6.83. The van der Waals surface area contributed by atoms with Crippen LogP contribution in [0.5, 0.6) is 0 Å². The number of benzene rings is 2. The summed E-state index contributed by atoms with van der Waals surface area (Å²) in [6, 6.07) is 12.0. The molecule has 0 unspecified atom stereocenters. The summed E-state index contributed by atoms with van der Waals surface area (Å²) in [5.74, 6) is -0.311. The molecule has 0 aliphatic carbocycles. The van der Waals surface area contributed by atoms with Crippen LogP contribution in [0.2, 0.25) is 5.02 Å². The van der Waals surface area contributed by atoms with Crippen LogP contribution in [0.15, 0.2) is 42.5 Å². The molecule has 0 saturated carbocycles. The van der Waals surface area contributed by atoms with Crippen LogP contribution in [0.25, 0.3) is 0 Å². The summed E-state index contributed by atoms with van der Waals surface area (Å²) in [6.07, 6.45) is 1.66. The van der Waals surface area contributed by atoms with Crippen molar-refractivity contribution in [2.24, 2.45) is 0 Å². The van der Waals surface area contributed by atoms with Gasteiger partial charge in [-0.1, -0.05) is 23.7 Å². The van der Waals surface area contributed by atoms with Gasteiger partial charge in [-0.05, 0) is 42.7 Å². The van der Waals surface area contributed by atoms with E-state index in [1.54, 1.807) is 0 Å². The minimum Gasteiger partial charge on any atom is -0.393 e. The lowest BCUT2D eigenvalue weighted by Crippen LogP contribution is -2.44. The highest BCUT2D eigenvalue weighted by molar-refractivity contribution is 6.30. The maximum Gasteiger partial charge on any atom is 0.292 e. The van der Waals surface area contributed by atoms with Gasteiger partial charge in [-0.2, -0.15) is 0 Å². The van der Waals surface area contributed by atoms with Gasteiger partial charge in [0.15, 0.2) is 0 Å². The summed E-state index contributed by atoms with van der Waals surface area (Å²) in [4.78, 5) is 25.1. The van der Waals surface area contributed by atoms with Crippen molar-refractivity contribution in [2.45, 2.75) is 25.4 Å². The number of rotatable bonds is 5. The molecule has 1 heterocycles. The van der Waals surface area contributed by atoms with E-state index in [0.717, 1.165) is 37.5 Å². The van der Waals surface area contributed by atoms with Gasteiger partial charge in [-0.3, -0.25) is 19.8 Å². The molecule has 1 fully saturated rings. The third kappa shape index (κ3) is 4.96. The van der Waals surface area contributed by atoms with E-state index >= 15 is 0 Å². The van der Waals surface area contributed by atoms with E-state index in [-0.39, 0.29) is 28.9 Å². The zero-order chi connectivity index (χ0) is 19.4. The molecule has 0 atom stereocenters. The van der Waals surface area contributed by atoms with Gasteiger partial charge in [0, 0.05) is 42.3 Å². The van der Waals surface area contributed by atoms with E-state index in [2.05, 4.69) is 10.2 Å². The number of carbonyl (C=O) groups is 1. The second-order valence-corrected chi connectivity index (χ2v) is 7.12. The number of hydrogen-bond acceptors (Lipinski definition) is 5. The number of hydrogen-bond donors (Lipinski definition) is 2. The molecule has 2 aromatic carbocycles. The molecule has 1 amide bonds. The van der Waals surface area contributed by atoms with E-state index in [4.69, 9.17) is 17.3 Å². The number of nitro groups is 1. The minimum atomic E-state index is -0.582. The maximum atomic E-state index is 12.4. The SMILES string of the molecule is Nc1ccc(C(=O)NC2CCN(Cc3ccc(Cl)cc3)CC2)cc1[N+](=O)[O-]. The first-order valence-electron chi connectivity index (χ1n) is 8.74. The summed E-state index contributed by atoms with van der Waals surface area (Å²) >= 11 is 5.91. The molecule has 3 N–H and O–H groups in total. The molecular weight excluding hydrogens is 368 g/mol. The molecule has 2 aromatic rings. The Kier molecular flexibility index (Phi) is 5.93. The zero-order valence-corrected chi connectivity index (χ0v) is 15.5. The third-order valence-corrected chi connectivity index (χ3v) is 4.98. The summed E-state index contributed by atoms with van der Waals surface area (Å²) < 4.78 is 0. The van der Waals surface area contributed by atoms with Gasteiger partial charge in [-0.15, -0.1) is 0 Å². The van der Waals surface area contributed by atoms with Crippen molar-refractivity contribution in [1.82, 2.24) is 10.2 Å². The number of nitrogens with two attached hydrogens (primary N) is 1. The van der Waals surface area contributed by atoms with Gasteiger partial charge in [0.2, 0.25) is 0 Å². The number of nitrogens with zero attached hydrogens (tertiary/aromatic N) is 2. The number of likely N-dealkylation sites (tertiary alicyclic amines) is 1. The number of amides is 1. The number of piperidine rings is 1. The first-order valence-corrected chi connectivity index (χ1v) is 9.12. The van der Waals surface area contributed by atoms with Gasteiger partial charge in [-0.25, -0.2) is 0 Å². The fraction of sp³-hybridized carbons (Fsp3) is 0.316. The number of nitrogen functional groups attached to an aromatic ring is 1. The van der Waals surface area contributed by atoms with Crippen molar-refractivity contribution in [3.63, 3.8) is 0 Å². The van der Waals surface area contributed by atoms with Gasteiger partial charge in [0.1, 0.15) is 5.69 Å². The molecule has 27 heavy (non-hydrogen) atoms. The number of nitro benzene ring substituents is 1. The van der Waals surface area contributed by atoms with E-state index in [9.17, 15) is 14.9 Å². The lowest BCUT2D eigenvalue weighted by atomic mass is 10.0. The van der Waals surface area contributed by atoms with Crippen LogP contribution in [-0.4, -0.2) is 34.9 Å². The van der Waals surface area contributed by atoms with E-state index in [1.807, 2.05) is 24.3 Å². The lowest BCUT2D eigenvalue weighted by molar-refractivity contribution is -0.383. The number of anilines is 1. The first-order chi connectivity index (χ1) is 12.9. The van der Waals surface area contributed by atoms with Crippen LogP contribution in [0.3, 0.4) is 0 Å². The molecule has 1 saturated heterocycles. The second-order valence-electron chi connectivity index (χ2n) is 6.68. The minimum absolute atomic E-state index is 0.0482. The normalized spacial score (nSPS) is 15.4. The molecule has 8 heteroatoms. The summed E-state index contributed by atoms with van der Waals surface area (Å²) in [6.45, 7) is 2.59. The van der Waals surface area contributed by atoms with Crippen molar-refractivity contribution in [1.29, 1.82) is 0 Å². The Morgan fingerprint density at radius 3 is 2.52 bits per heavy atom. The van der Waals surface area contributed by atoms with Crippen molar-refractivity contribution in [3.05, 3.63) is 68.7 Å². The highest BCUT2D eigenvalue weighted by Crippen LogP contribution is 2.23. The Hall–Kier alpha value is -2.64. The van der Waals surface area contributed by atoms with Gasteiger partial charge in [0.25, 0.3) is 11.6 Å². The van der Waals surface area contributed by atoms with Crippen molar-refractivity contribution in [2.75, 3.05) is 18.8 Å². The Morgan fingerprint density at radius 1 is 1.22 bits per heavy atom. The van der Waals surface area contributed by atoms with Crippen LogP contribution in [0.4, 0.5) is 11.4 Å². The van der Waals surface area contributed by atoms with Crippen LogP contribution >= 0.6 is 11.6 Å². The third-order valence-electron chi connectivity index (χ3n) is 4.73. The molecule has 0 spiro atoms. The smallest absolute Gasteiger partial charge is 0.292 e. The topological polar surface area (TPSA) is 102 Å². The predicted octanol–water partition coefficient (Wildman–Crippen LogP) is 3.22. The fourth-order valence-electron chi connectivity index (χ4n) is 3.20. The summed E-state index contributed by atoms with van der Waals surface area (Å²) in [7, 11) is 0. The monoisotopic (exact) mass is 388 g/mol. The van der Waals surface area contributed by atoms with Crippen molar-refractivity contribution < 1.29 is 9.72 Å². The highest BCUT2D eigenvalue weighted by Gasteiger charge is 2.22. The average molecular weight is 389 g/mol. The Morgan fingerprint density at radius 2 is 1.89 bits per heavy atom. The standard InChI is InChI=1S/C19H21ClN4O3/c20-15-4-1-13(2-5-15)12-23-9-7-16(8-10-23)22-19(25)14-3-6-17(21)18(11-14)24(26)27/h1-6,11,16H,7-10,12,21H2,(H,22,25). The lowest BCUT2D eigenvalue weighted by Gasteiger charge is -2.32. The number of nitrogens with one attached hydrogen (secondary N) is 1. The number of carbonyl (C=O) groups excluding carboxylic acids is 1. The first kappa shape index (κ1) is 19.1. The van der Waals surface area contributed by atoms with E-state index in [0.29, 0.717) is 0 Å². The molecule has 3 rings (SSSR count). The molecule has 0 bridgehead atoms. The second kappa shape index (κ2) is 8.37. The summed E-state index contributed by atoms with van der Waals surface area (Å²) in [5, 5.41) is 14.7. The van der Waals surface area contributed by atoms with Crippen LogP contribution < -0.4 is 11.1 Å². The van der Waals surface area contributed by atoms with E-state index < -0.39 is 4.92 Å². The molecule has 7 nitrogen and oxygen atoms in total. The molecule has 142 valence electrons. The molecule has 1 aliphatic heterocycles. The van der Waals surface area contributed by atoms with Crippen molar-refractivity contribution >= 4 is 28.9 Å². The molecule has 0 aromatic heterocycles. The largest absolute Gasteiger partial charge is 0.393 e. The zero-order valence-electron chi connectivity index (χ0n) is 14.7. The van der Waals surface area contributed by atoms with Gasteiger partial charge < -0.3 is 11.1 Å². The molecule has 1 aliphatic rings. The average Bonchev–Trinajstić information content (AvgIpc) is 2.65. The van der Waals surface area contributed by atoms with Gasteiger partial charge in [0.05, 0.1) is 4.92 Å². The number of halogens is 1. The van der Waals surface area contributed by atoms with Crippen molar-refractivity contribution in [3.8, 4) is 0 Å². The fourth-order valence-corrected chi connectivity index (χ4v) is 3.32. The Balaban J connectivity index is 1.53. The Labute approximate surface area is 162 Å².